The van der Waals surface area contributed by atoms with Gasteiger partial charge in [0.15, 0.2) is 0 Å². The molecule has 2 nitrogen and oxygen atoms in total. The summed E-state index contributed by atoms with van der Waals surface area (Å²) in [7, 11) is 0. The Labute approximate surface area is 135 Å². The van der Waals surface area contributed by atoms with Gasteiger partial charge in [-0.2, -0.15) is 0 Å². The Hall–Kier alpha value is -1.05. The average Bonchev–Trinajstić information content (AvgIpc) is 2.86. The van der Waals surface area contributed by atoms with Gasteiger partial charge in [0.2, 0.25) is 0 Å². The lowest BCUT2D eigenvalue weighted by Gasteiger charge is -2.27. The van der Waals surface area contributed by atoms with Gasteiger partial charge in [-0.15, -0.1) is 0 Å². The van der Waals surface area contributed by atoms with Crippen molar-refractivity contribution < 1.29 is 9.90 Å². The molecule has 2 heteroatoms. The number of aliphatic carboxylic acids is 1. The van der Waals surface area contributed by atoms with E-state index in [2.05, 4.69) is 31.2 Å². The standard InChI is InChI=1S/C20H32O2/c1-2-3-10-16-15-17-11-8-9-13-19(17)18(16)12-6-4-5-7-14-20(21)22/h4,6,8-9,16-19H,2-3,5,7,10-15H2,1H3,(H,21,22)/b6-4+/t16-,17+,18+,19+/m0/s1. The highest BCUT2D eigenvalue weighted by Crippen LogP contribution is 2.50. The van der Waals surface area contributed by atoms with E-state index in [0.29, 0.717) is 6.42 Å². The number of hydrogen-bond donors (Lipinski definition) is 1. The molecule has 0 spiro atoms. The third kappa shape index (κ3) is 5.00. The Morgan fingerprint density at radius 1 is 1.23 bits per heavy atom. The van der Waals surface area contributed by atoms with Gasteiger partial charge in [0, 0.05) is 6.42 Å². The van der Waals surface area contributed by atoms with Crippen LogP contribution in [0.4, 0.5) is 0 Å². The molecule has 0 heterocycles. The molecule has 2 aliphatic rings. The number of carboxylic acid groups (broad SMARTS) is 1. The molecule has 22 heavy (non-hydrogen) atoms. The van der Waals surface area contributed by atoms with E-state index in [1.165, 1.54) is 44.9 Å². The minimum Gasteiger partial charge on any atom is -0.481 e. The summed E-state index contributed by atoms with van der Waals surface area (Å²) in [4.78, 5) is 10.5. The predicted molar refractivity (Wildman–Crippen MR) is 91.7 cm³/mol. The monoisotopic (exact) mass is 304 g/mol. The predicted octanol–water partition coefficient (Wildman–Crippen LogP) is 5.60. The first-order valence-corrected chi connectivity index (χ1v) is 9.24. The first-order valence-electron chi connectivity index (χ1n) is 9.24. The Bertz CT molecular complexity index is 397. The topological polar surface area (TPSA) is 37.3 Å². The highest BCUT2D eigenvalue weighted by molar-refractivity contribution is 5.66. The SMILES string of the molecule is CCCC[C@H]1C[C@H]2CC=CC[C@H]2[C@@H]1C/C=C/CCCC(=O)O. The number of fused-ring (bicyclic) bond motifs is 1. The van der Waals surface area contributed by atoms with Gasteiger partial charge >= 0.3 is 5.97 Å². The molecule has 1 saturated carbocycles. The molecule has 2 aliphatic carbocycles. The Morgan fingerprint density at radius 2 is 2.05 bits per heavy atom. The molecule has 0 amide bonds. The maximum Gasteiger partial charge on any atom is 0.303 e. The second-order valence-electron chi connectivity index (χ2n) is 7.16. The van der Waals surface area contributed by atoms with Gasteiger partial charge in [-0.3, -0.25) is 4.79 Å². The summed E-state index contributed by atoms with van der Waals surface area (Å²) in [6.07, 6.45) is 20.6. The smallest absolute Gasteiger partial charge is 0.303 e. The van der Waals surface area contributed by atoms with Crippen molar-refractivity contribution in [2.75, 3.05) is 0 Å². The normalized spacial score (nSPS) is 30.8. The fourth-order valence-electron chi connectivity index (χ4n) is 4.51. The van der Waals surface area contributed by atoms with Crippen molar-refractivity contribution >= 4 is 5.97 Å². The van der Waals surface area contributed by atoms with Crippen LogP contribution in [-0.2, 0) is 4.79 Å². The fourth-order valence-corrected chi connectivity index (χ4v) is 4.51. The largest absolute Gasteiger partial charge is 0.481 e. The summed E-state index contributed by atoms with van der Waals surface area (Å²) in [6.45, 7) is 2.29. The summed E-state index contributed by atoms with van der Waals surface area (Å²) in [5.74, 6) is 2.92. The average molecular weight is 304 g/mol. The third-order valence-electron chi connectivity index (χ3n) is 5.65. The van der Waals surface area contributed by atoms with Gasteiger partial charge in [0.05, 0.1) is 0 Å². The number of hydrogen-bond acceptors (Lipinski definition) is 1. The van der Waals surface area contributed by atoms with E-state index in [-0.39, 0.29) is 0 Å². The van der Waals surface area contributed by atoms with Gasteiger partial charge in [-0.1, -0.05) is 50.5 Å². The zero-order chi connectivity index (χ0) is 15.8. The molecule has 4 atom stereocenters. The van der Waals surface area contributed by atoms with Crippen LogP contribution in [0.5, 0.6) is 0 Å². The summed E-state index contributed by atoms with van der Waals surface area (Å²) >= 11 is 0. The van der Waals surface area contributed by atoms with Crippen LogP contribution in [0, 0.1) is 23.7 Å². The first kappa shape index (κ1) is 17.3. The molecule has 1 fully saturated rings. The van der Waals surface area contributed by atoms with E-state index in [0.717, 1.165) is 36.5 Å². The van der Waals surface area contributed by atoms with Crippen LogP contribution >= 0.6 is 0 Å². The Balaban J connectivity index is 1.82. The molecule has 0 aliphatic heterocycles. The van der Waals surface area contributed by atoms with Crippen molar-refractivity contribution in [2.45, 2.75) is 71.1 Å². The quantitative estimate of drug-likeness (QED) is 0.445. The molecular formula is C20H32O2. The minimum absolute atomic E-state index is 0.294. The molecular weight excluding hydrogens is 272 g/mol. The van der Waals surface area contributed by atoms with E-state index < -0.39 is 5.97 Å². The van der Waals surface area contributed by atoms with Gasteiger partial charge in [0.25, 0.3) is 0 Å². The van der Waals surface area contributed by atoms with Gasteiger partial charge in [-0.25, -0.2) is 0 Å². The zero-order valence-corrected chi connectivity index (χ0v) is 14.0. The number of unbranched alkanes of at least 4 members (excludes halogenated alkanes) is 2. The molecule has 2 rings (SSSR count). The molecule has 0 saturated heterocycles. The molecule has 0 aromatic rings. The van der Waals surface area contributed by atoms with Crippen molar-refractivity contribution in [2.24, 2.45) is 23.7 Å². The number of allylic oxidation sites excluding steroid dienone is 4. The molecule has 0 unspecified atom stereocenters. The first-order chi connectivity index (χ1) is 10.7. The fraction of sp³-hybridized carbons (Fsp3) is 0.750. The van der Waals surface area contributed by atoms with E-state index in [1.54, 1.807) is 0 Å². The summed E-state index contributed by atoms with van der Waals surface area (Å²) in [5, 5.41) is 8.66. The molecule has 1 N–H and O–H groups in total. The summed E-state index contributed by atoms with van der Waals surface area (Å²) in [6, 6.07) is 0. The van der Waals surface area contributed by atoms with E-state index in [4.69, 9.17) is 5.11 Å². The maximum atomic E-state index is 10.5. The minimum atomic E-state index is -0.680. The van der Waals surface area contributed by atoms with Crippen LogP contribution in [0.2, 0.25) is 0 Å². The Morgan fingerprint density at radius 3 is 2.82 bits per heavy atom. The number of rotatable bonds is 9. The Kier molecular flexibility index (Phi) is 7.21. The molecule has 0 bridgehead atoms. The van der Waals surface area contributed by atoms with Crippen molar-refractivity contribution in [1.82, 2.24) is 0 Å². The van der Waals surface area contributed by atoms with Crippen LogP contribution in [-0.4, -0.2) is 11.1 Å². The van der Waals surface area contributed by atoms with Gasteiger partial charge in [0.1, 0.15) is 0 Å². The highest BCUT2D eigenvalue weighted by atomic mass is 16.4. The zero-order valence-electron chi connectivity index (χ0n) is 14.0. The van der Waals surface area contributed by atoms with Gasteiger partial charge < -0.3 is 5.11 Å². The van der Waals surface area contributed by atoms with Crippen LogP contribution < -0.4 is 0 Å². The number of carboxylic acids is 1. The molecule has 0 aromatic carbocycles. The lowest BCUT2D eigenvalue weighted by atomic mass is 9.78. The van der Waals surface area contributed by atoms with Crippen LogP contribution in [0.1, 0.15) is 71.1 Å². The van der Waals surface area contributed by atoms with E-state index >= 15 is 0 Å². The maximum absolute atomic E-state index is 10.5. The third-order valence-corrected chi connectivity index (χ3v) is 5.65. The second-order valence-corrected chi connectivity index (χ2v) is 7.16. The molecule has 124 valence electrons. The second kappa shape index (κ2) is 9.17. The van der Waals surface area contributed by atoms with Crippen molar-refractivity contribution in [1.29, 1.82) is 0 Å². The lowest BCUT2D eigenvalue weighted by Crippen LogP contribution is -2.18. The molecule has 0 radical (unpaired) electrons. The van der Waals surface area contributed by atoms with Crippen LogP contribution in [0.25, 0.3) is 0 Å². The van der Waals surface area contributed by atoms with Crippen molar-refractivity contribution in [3.05, 3.63) is 24.3 Å². The summed E-state index contributed by atoms with van der Waals surface area (Å²) < 4.78 is 0. The lowest BCUT2D eigenvalue weighted by molar-refractivity contribution is -0.137. The van der Waals surface area contributed by atoms with E-state index in [9.17, 15) is 4.79 Å². The highest BCUT2D eigenvalue weighted by Gasteiger charge is 2.41. The van der Waals surface area contributed by atoms with Gasteiger partial charge in [-0.05, 0) is 62.2 Å². The van der Waals surface area contributed by atoms with E-state index in [1.807, 2.05) is 0 Å². The van der Waals surface area contributed by atoms with Crippen molar-refractivity contribution in [3.8, 4) is 0 Å². The van der Waals surface area contributed by atoms with Crippen LogP contribution in [0.3, 0.4) is 0 Å². The molecule has 0 aromatic heterocycles. The number of carbonyl (C=O) groups is 1. The summed E-state index contributed by atoms with van der Waals surface area (Å²) in [5.41, 5.74) is 0. The van der Waals surface area contributed by atoms with Crippen molar-refractivity contribution in [3.63, 3.8) is 0 Å². The van der Waals surface area contributed by atoms with Crippen LogP contribution in [0.15, 0.2) is 24.3 Å².